The van der Waals surface area contributed by atoms with E-state index >= 15 is 4.39 Å². The van der Waals surface area contributed by atoms with E-state index in [0.717, 1.165) is 17.2 Å². The minimum absolute atomic E-state index is 0.00326. The smallest absolute Gasteiger partial charge is 0.410 e. The molecule has 0 aliphatic carbocycles. The predicted molar refractivity (Wildman–Crippen MR) is 139 cm³/mol. The number of nitrogens with zero attached hydrogens (tertiary/aromatic N) is 3. The Labute approximate surface area is 214 Å². The van der Waals surface area contributed by atoms with Crippen molar-refractivity contribution in [3.8, 4) is 5.69 Å². The third-order valence-corrected chi connectivity index (χ3v) is 6.54. The number of halogens is 2. The van der Waals surface area contributed by atoms with Gasteiger partial charge in [-0.15, -0.1) is 0 Å². The van der Waals surface area contributed by atoms with Crippen molar-refractivity contribution in [3.63, 3.8) is 0 Å². The molecule has 3 aromatic rings. The molecule has 7 nitrogen and oxygen atoms in total. The maximum atomic E-state index is 15.5. The van der Waals surface area contributed by atoms with Crippen LogP contribution in [-0.2, 0) is 11.3 Å². The number of hydrogen-bond donors (Lipinski definition) is 0. The van der Waals surface area contributed by atoms with Gasteiger partial charge in [-0.1, -0.05) is 43.6 Å². The Hall–Kier alpha value is -3.13. The molecule has 0 bridgehead atoms. The van der Waals surface area contributed by atoms with Gasteiger partial charge in [0.15, 0.2) is 5.82 Å². The first-order valence-electron chi connectivity index (χ1n) is 12.0. The van der Waals surface area contributed by atoms with Crippen LogP contribution in [0.5, 0.6) is 0 Å². The predicted octanol–water partition coefficient (Wildman–Crippen LogP) is 5.24. The molecule has 1 aliphatic rings. The molecule has 2 aromatic carbocycles. The Morgan fingerprint density at radius 1 is 1.17 bits per heavy atom. The molecule has 0 saturated carbocycles. The Morgan fingerprint density at radius 3 is 2.44 bits per heavy atom. The van der Waals surface area contributed by atoms with Crippen LogP contribution in [-0.4, -0.2) is 38.8 Å². The minimum Gasteiger partial charge on any atom is -0.444 e. The van der Waals surface area contributed by atoms with Crippen LogP contribution in [0, 0.1) is 18.7 Å². The molecule has 192 valence electrons. The van der Waals surface area contributed by atoms with Crippen LogP contribution in [0.15, 0.2) is 39.9 Å². The molecule has 1 amide bonds. The highest BCUT2D eigenvalue weighted by Gasteiger charge is 2.35. The monoisotopic (exact) mass is 515 g/mol. The van der Waals surface area contributed by atoms with E-state index in [9.17, 15) is 14.4 Å². The second-order valence-electron chi connectivity index (χ2n) is 10.7. The fourth-order valence-corrected chi connectivity index (χ4v) is 4.87. The highest BCUT2D eigenvalue weighted by atomic mass is 35.5. The van der Waals surface area contributed by atoms with Gasteiger partial charge in [-0.25, -0.2) is 9.18 Å². The summed E-state index contributed by atoms with van der Waals surface area (Å²) in [6.45, 7) is 12.0. The number of para-hydroxylation sites is 1. The van der Waals surface area contributed by atoms with E-state index in [0.29, 0.717) is 18.8 Å². The van der Waals surface area contributed by atoms with Crippen molar-refractivity contribution in [1.82, 2.24) is 14.0 Å². The Morgan fingerprint density at radius 2 is 1.83 bits per heavy atom. The summed E-state index contributed by atoms with van der Waals surface area (Å²) in [5.41, 5.74) is 0.119. The van der Waals surface area contributed by atoms with E-state index in [4.69, 9.17) is 16.3 Å². The van der Waals surface area contributed by atoms with Crippen LogP contribution < -0.4 is 11.1 Å². The summed E-state index contributed by atoms with van der Waals surface area (Å²) in [5, 5.41) is 0.121. The SMILES string of the molecule is Cc1cccc(C(C)C)c1-n1c(=O)c(=O)n(CC2CN(C(=O)OC(C)(C)C)C2)c2cc(Cl)cc(F)c21. The molecule has 1 fully saturated rings. The number of amides is 1. The fourth-order valence-electron chi connectivity index (χ4n) is 4.67. The number of carbonyl (C=O) groups is 1. The Balaban J connectivity index is 1.83. The van der Waals surface area contributed by atoms with E-state index in [1.54, 1.807) is 25.7 Å². The van der Waals surface area contributed by atoms with Crippen LogP contribution in [0.3, 0.4) is 0 Å². The Bertz CT molecular complexity index is 1460. The average molecular weight is 516 g/mol. The van der Waals surface area contributed by atoms with Crippen molar-refractivity contribution in [3.05, 3.63) is 73.0 Å². The van der Waals surface area contributed by atoms with Gasteiger partial charge in [0.2, 0.25) is 0 Å². The van der Waals surface area contributed by atoms with E-state index in [1.807, 2.05) is 39.0 Å². The quantitative estimate of drug-likeness (QED) is 0.445. The lowest BCUT2D eigenvalue weighted by Crippen LogP contribution is -2.54. The van der Waals surface area contributed by atoms with Gasteiger partial charge < -0.3 is 14.2 Å². The number of aryl methyl sites for hydroxylation is 1. The number of rotatable bonds is 4. The lowest BCUT2D eigenvalue weighted by Gasteiger charge is -2.40. The third-order valence-electron chi connectivity index (χ3n) is 6.32. The van der Waals surface area contributed by atoms with Gasteiger partial charge in [-0.3, -0.25) is 14.2 Å². The fraction of sp³-hybridized carbons (Fsp3) is 0.444. The van der Waals surface area contributed by atoms with Crippen molar-refractivity contribution in [1.29, 1.82) is 0 Å². The molecule has 4 rings (SSSR count). The molecule has 36 heavy (non-hydrogen) atoms. The summed E-state index contributed by atoms with van der Waals surface area (Å²) in [6, 6.07) is 8.25. The van der Waals surface area contributed by atoms with Gasteiger partial charge in [0.05, 0.1) is 11.2 Å². The van der Waals surface area contributed by atoms with E-state index in [1.165, 1.54) is 15.2 Å². The summed E-state index contributed by atoms with van der Waals surface area (Å²) < 4.78 is 23.3. The number of ether oxygens (including phenoxy) is 1. The van der Waals surface area contributed by atoms with E-state index in [-0.39, 0.29) is 34.4 Å². The molecule has 0 radical (unpaired) electrons. The van der Waals surface area contributed by atoms with Crippen molar-refractivity contribution >= 4 is 28.7 Å². The topological polar surface area (TPSA) is 73.5 Å². The first-order valence-corrected chi connectivity index (χ1v) is 12.4. The lowest BCUT2D eigenvalue weighted by molar-refractivity contribution is -0.00330. The number of likely N-dealkylation sites (tertiary alicyclic amines) is 1. The van der Waals surface area contributed by atoms with Crippen LogP contribution in [0.4, 0.5) is 9.18 Å². The molecule has 1 aromatic heterocycles. The zero-order valence-corrected chi connectivity index (χ0v) is 22.1. The van der Waals surface area contributed by atoms with Gasteiger partial charge in [-0.2, -0.15) is 0 Å². The first-order chi connectivity index (χ1) is 16.8. The minimum atomic E-state index is -0.830. The largest absolute Gasteiger partial charge is 0.444 e. The first kappa shape index (κ1) is 25.9. The van der Waals surface area contributed by atoms with Crippen LogP contribution in [0.25, 0.3) is 16.7 Å². The van der Waals surface area contributed by atoms with Gasteiger partial charge in [-0.05, 0) is 56.9 Å². The van der Waals surface area contributed by atoms with E-state index < -0.39 is 28.6 Å². The second-order valence-corrected chi connectivity index (χ2v) is 11.2. The summed E-state index contributed by atoms with van der Waals surface area (Å²) in [4.78, 5) is 40.8. The molecule has 1 aliphatic heterocycles. The zero-order chi connectivity index (χ0) is 26.5. The highest BCUT2D eigenvalue weighted by molar-refractivity contribution is 6.31. The molecular weight excluding hydrogens is 485 g/mol. The van der Waals surface area contributed by atoms with Crippen LogP contribution in [0.2, 0.25) is 5.02 Å². The van der Waals surface area contributed by atoms with Gasteiger partial charge in [0.1, 0.15) is 11.1 Å². The number of fused-ring (bicyclic) bond motifs is 1. The standard InChI is InChI=1S/C27H31ClFN3O4/c1-15(2)19-9-7-8-16(3)22(19)32-23-20(29)10-18(28)11-21(23)31(24(33)25(32)34)14-17-12-30(13-17)26(35)36-27(4,5)6/h7-11,15,17H,12-14H2,1-6H3. The molecule has 1 saturated heterocycles. The average Bonchev–Trinajstić information content (AvgIpc) is 2.72. The Kier molecular flexibility index (Phi) is 6.77. The lowest BCUT2D eigenvalue weighted by atomic mass is 9.97. The highest BCUT2D eigenvalue weighted by Crippen LogP contribution is 2.30. The molecular formula is C27H31ClFN3O4. The summed E-state index contributed by atoms with van der Waals surface area (Å²) in [5.74, 6) is -0.751. The van der Waals surface area contributed by atoms with Crippen LogP contribution in [0.1, 0.15) is 51.7 Å². The second kappa shape index (κ2) is 9.39. The molecule has 2 heterocycles. The summed E-state index contributed by atoms with van der Waals surface area (Å²) in [7, 11) is 0. The van der Waals surface area contributed by atoms with Crippen molar-refractivity contribution in [2.45, 2.75) is 59.6 Å². The molecule has 0 atom stereocenters. The maximum Gasteiger partial charge on any atom is 0.410 e. The molecule has 0 spiro atoms. The molecule has 0 unspecified atom stereocenters. The van der Waals surface area contributed by atoms with Crippen molar-refractivity contribution < 1.29 is 13.9 Å². The van der Waals surface area contributed by atoms with E-state index in [2.05, 4.69) is 0 Å². The number of aromatic nitrogens is 2. The molecule has 9 heteroatoms. The number of hydrogen-bond acceptors (Lipinski definition) is 4. The van der Waals surface area contributed by atoms with Gasteiger partial charge >= 0.3 is 17.2 Å². The summed E-state index contributed by atoms with van der Waals surface area (Å²) in [6.07, 6.45) is -0.429. The number of carbonyl (C=O) groups excluding carboxylic acids is 1. The van der Waals surface area contributed by atoms with Gasteiger partial charge in [0, 0.05) is 30.6 Å². The maximum absolute atomic E-state index is 15.5. The number of benzene rings is 2. The van der Waals surface area contributed by atoms with Crippen molar-refractivity contribution in [2.24, 2.45) is 5.92 Å². The normalized spacial score (nSPS) is 14.4. The molecule has 0 N–H and O–H groups in total. The van der Waals surface area contributed by atoms with Gasteiger partial charge in [0.25, 0.3) is 0 Å². The zero-order valence-electron chi connectivity index (χ0n) is 21.4. The van der Waals surface area contributed by atoms with Crippen LogP contribution >= 0.6 is 11.6 Å². The summed E-state index contributed by atoms with van der Waals surface area (Å²) >= 11 is 6.20. The third kappa shape index (κ3) is 4.78. The van der Waals surface area contributed by atoms with Crippen molar-refractivity contribution in [2.75, 3.05) is 13.1 Å².